The van der Waals surface area contributed by atoms with Crippen LogP contribution in [0.1, 0.15) is 55.8 Å². The van der Waals surface area contributed by atoms with Gasteiger partial charge in [-0.25, -0.2) is 0 Å². The fourth-order valence-corrected chi connectivity index (χ4v) is 3.70. The Balaban J connectivity index is 1.68. The molecule has 0 spiro atoms. The van der Waals surface area contributed by atoms with E-state index in [1.54, 1.807) is 11.1 Å². The smallest absolute Gasteiger partial charge is 0.0294 e. The molecule has 0 amide bonds. The van der Waals surface area contributed by atoms with Gasteiger partial charge in [0.15, 0.2) is 0 Å². The second-order valence-electron chi connectivity index (χ2n) is 6.70. The summed E-state index contributed by atoms with van der Waals surface area (Å²) in [6, 6.07) is 8.29. The topological polar surface area (TPSA) is 24.1 Å². The van der Waals surface area contributed by atoms with Gasteiger partial charge in [0.1, 0.15) is 0 Å². The Morgan fingerprint density at radius 2 is 2.00 bits per heavy atom. The largest absolute Gasteiger partial charge is 0.316 e. The van der Waals surface area contributed by atoms with Crippen LogP contribution in [-0.4, -0.2) is 19.1 Å². The molecule has 2 N–H and O–H groups in total. The van der Waals surface area contributed by atoms with Gasteiger partial charge < -0.3 is 10.6 Å². The summed E-state index contributed by atoms with van der Waals surface area (Å²) in [6.45, 7) is 6.97. The van der Waals surface area contributed by atoms with Crippen LogP contribution in [0, 0.1) is 5.92 Å². The number of hydrogen-bond acceptors (Lipinski definition) is 2. The first-order valence-electron chi connectivity index (χ1n) is 8.32. The highest BCUT2D eigenvalue weighted by atomic mass is 15.0. The molecule has 1 aromatic carbocycles. The van der Waals surface area contributed by atoms with E-state index in [9.17, 15) is 0 Å². The molecule has 1 fully saturated rings. The van der Waals surface area contributed by atoms with E-state index in [4.69, 9.17) is 0 Å². The third-order valence-electron chi connectivity index (χ3n) is 5.12. The number of aryl methyl sites for hydroxylation is 2. The summed E-state index contributed by atoms with van der Waals surface area (Å²) < 4.78 is 0. The lowest BCUT2D eigenvalue weighted by Crippen LogP contribution is -2.47. The van der Waals surface area contributed by atoms with Crippen LogP contribution in [0.5, 0.6) is 0 Å². The van der Waals surface area contributed by atoms with Gasteiger partial charge in [0.2, 0.25) is 0 Å². The van der Waals surface area contributed by atoms with Gasteiger partial charge in [-0.15, -0.1) is 0 Å². The zero-order chi connectivity index (χ0) is 13.9. The fourth-order valence-electron chi connectivity index (χ4n) is 3.70. The predicted octanol–water partition coefficient (Wildman–Crippen LogP) is 3.21. The lowest BCUT2D eigenvalue weighted by molar-refractivity contribution is 0.278. The summed E-state index contributed by atoms with van der Waals surface area (Å²) in [5.74, 6) is 0.726. The van der Waals surface area contributed by atoms with Gasteiger partial charge in [0, 0.05) is 12.1 Å². The Morgan fingerprint density at radius 3 is 2.80 bits per heavy atom. The molecule has 1 aromatic rings. The van der Waals surface area contributed by atoms with E-state index in [1.807, 2.05) is 0 Å². The minimum absolute atomic E-state index is 0.466. The Bertz CT molecular complexity index is 455. The monoisotopic (exact) mass is 272 g/mol. The highest BCUT2D eigenvalue weighted by Gasteiger charge is 2.23. The highest BCUT2D eigenvalue weighted by molar-refractivity contribution is 5.35. The molecule has 2 nitrogen and oxygen atoms in total. The molecule has 3 atom stereocenters. The zero-order valence-electron chi connectivity index (χ0n) is 12.9. The zero-order valence-corrected chi connectivity index (χ0v) is 12.9. The van der Waals surface area contributed by atoms with E-state index >= 15 is 0 Å². The van der Waals surface area contributed by atoms with Gasteiger partial charge in [0.25, 0.3) is 0 Å². The maximum atomic E-state index is 3.85. The molecule has 110 valence electrons. The lowest BCUT2D eigenvalue weighted by atomic mass is 9.88. The van der Waals surface area contributed by atoms with Crippen LogP contribution in [0.25, 0.3) is 0 Å². The van der Waals surface area contributed by atoms with E-state index in [2.05, 4.69) is 42.7 Å². The molecular formula is C18H28N2. The fraction of sp³-hybridized carbons (Fsp3) is 0.667. The van der Waals surface area contributed by atoms with Crippen molar-refractivity contribution >= 4 is 0 Å². The molecule has 1 aliphatic heterocycles. The van der Waals surface area contributed by atoms with E-state index < -0.39 is 0 Å². The molecule has 1 saturated heterocycles. The first-order valence-corrected chi connectivity index (χ1v) is 8.32. The SMILES string of the molecule is CC(NC1CCNCC1C)c1ccc2c(c1)CCCC2. The number of piperidine rings is 1. The van der Waals surface area contributed by atoms with E-state index in [0.29, 0.717) is 12.1 Å². The summed E-state index contributed by atoms with van der Waals surface area (Å²) in [5.41, 5.74) is 4.65. The van der Waals surface area contributed by atoms with Crippen molar-refractivity contribution in [3.63, 3.8) is 0 Å². The van der Waals surface area contributed by atoms with Crippen LogP contribution in [0.4, 0.5) is 0 Å². The first kappa shape index (κ1) is 14.1. The Labute approximate surface area is 123 Å². The molecule has 3 unspecified atom stereocenters. The van der Waals surface area contributed by atoms with Crippen LogP contribution in [0.15, 0.2) is 18.2 Å². The summed E-state index contributed by atoms with van der Waals surface area (Å²) in [4.78, 5) is 0. The van der Waals surface area contributed by atoms with Crippen LogP contribution >= 0.6 is 0 Å². The maximum absolute atomic E-state index is 3.85. The van der Waals surface area contributed by atoms with Crippen LogP contribution < -0.4 is 10.6 Å². The van der Waals surface area contributed by atoms with E-state index in [-0.39, 0.29) is 0 Å². The molecule has 1 heterocycles. The maximum Gasteiger partial charge on any atom is 0.0294 e. The minimum Gasteiger partial charge on any atom is -0.316 e. The second-order valence-corrected chi connectivity index (χ2v) is 6.70. The van der Waals surface area contributed by atoms with Crippen LogP contribution in [0.2, 0.25) is 0 Å². The van der Waals surface area contributed by atoms with Crippen molar-refractivity contribution in [1.82, 2.24) is 10.6 Å². The normalized spacial score (nSPS) is 27.9. The number of fused-ring (bicyclic) bond motifs is 1. The van der Waals surface area contributed by atoms with Gasteiger partial charge in [-0.3, -0.25) is 0 Å². The van der Waals surface area contributed by atoms with Crippen molar-refractivity contribution in [3.05, 3.63) is 34.9 Å². The number of nitrogens with one attached hydrogen (secondary N) is 2. The van der Waals surface area contributed by atoms with Crippen LogP contribution in [-0.2, 0) is 12.8 Å². The Kier molecular flexibility index (Phi) is 4.42. The van der Waals surface area contributed by atoms with Crippen molar-refractivity contribution in [2.75, 3.05) is 13.1 Å². The second kappa shape index (κ2) is 6.28. The van der Waals surface area contributed by atoms with Gasteiger partial charge in [-0.1, -0.05) is 25.1 Å². The number of hydrogen-bond donors (Lipinski definition) is 2. The molecular weight excluding hydrogens is 244 g/mol. The van der Waals surface area contributed by atoms with E-state index in [1.165, 1.54) is 37.7 Å². The van der Waals surface area contributed by atoms with Crippen molar-refractivity contribution in [2.24, 2.45) is 5.92 Å². The van der Waals surface area contributed by atoms with Crippen molar-refractivity contribution in [1.29, 1.82) is 0 Å². The van der Waals surface area contributed by atoms with Crippen molar-refractivity contribution in [3.8, 4) is 0 Å². The lowest BCUT2D eigenvalue weighted by Gasteiger charge is -2.33. The predicted molar refractivity (Wildman–Crippen MR) is 85.1 cm³/mol. The number of benzene rings is 1. The van der Waals surface area contributed by atoms with Gasteiger partial charge in [-0.2, -0.15) is 0 Å². The summed E-state index contributed by atoms with van der Waals surface area (Å²) in [7, 11) is 0. The summed E-state index contributed by atoms with van der Waals surface area (Å²) in [6.07, 6.45) is 6.54. The van der Waals surface area contributed by atoms with Gasteiger partial charge in [0.05, 0.1) is 0 Å². The van der Waals surface area contributed by atoms with Gasteiger partial charge in [-0.05, 0) is 74.7 Å². The molecule has 2 heteroatoms. The standard InChI is InChI=1S/C18H28N2/c1-13-12-19-10-9-18(13)20-14(2)16-8-7-15-5-3-4-6-17(15)11-16/h7-8,11,13-14,18-20H,3-6,9-10,12H2,1-2H3. The van der Waals surface area contributed by atoms with Crippen molar-refractivity contribution in [2.45, 2.75) is 58.0 Å². The van der Waals surface area contributed by atoms with Crippen LogP contribution in [0.3, 0.4) is 0 Å². The molecule has 20 heavy (non-hydrogen) atoms. The number of rotatable bonds is 3. The molecule has 3 rings (SSSR count). The van der Waals surface area contributed by atoms with Crippen molar-refractivity contribution < 1.29 is 0 Å². The third kappa shape index (κ3) is 3.07. The molecule has 0 aromatic heterocycles. The first-order chi connectivity index (χ1) is 9.74. The molecule has 0 bridgehead atoms. The third-order valence-corrected chi connectivity index (χ3v) is 5.12. The molecule has 1 aliphatic carbocycles. The Hall–Kier alpha value is -0.860. The minimum atomic E-state index is 0.466. The summed E-state index contributed by atoms with van der Waals surface area (Å²) >= 11 is 0. The summed E-state index contributed by atoms with van der Waals surface area (Å²) in [5, 5.41) is 7.33. The molecule has 2 aliphatic rings. The quantitative estimate of drug-likeness (QED) is 0.883. The average molecular weight is 272 g/mol. The van der Waals surface area contributed by atoms with Gasteiger partial charge >= 0.3 is 0 Å². The Morgan fingerprint density at radius 1 is 1.20 bits per heavy atom. The van der Waals surface area contributed by atoms with E-state index in [0.717, 1.165) is 19.0 Å². The highest BCUT2D eigenvalue weighted by Crippen LogP contribution is 2.25. The molecule has 0 radical (unpaired) electrons. The molecule has 0 saturated carbocycles. The average Bonchev–Trinajstić information content (AvgIpc) is 2.49.